The first-order valence-electron chi connectivity index (χ1n) is 8.54. The van der Waals surface area contributed by atoms with E-state index in [9.17, 15) is 4.79 Å². The molecule has 1 aliphatic carbocycles. The van der Waals surface area contributed by atoms with Crippen LogP contribution in [0.3, 0.4) is 0 Å². The number of nitrogens with one attached hydrogen (secondary N) is 2. The number of carbonyl (C=O) groups is 1. The standard InChI is InChI=1S/C18H29N3O.ClH/c1-4-21(5-2)16-10-11-17(14(3)12-16)20-18(22)19-13-15-8-6-7-9-15;/h10-12,15H,4-9,13H2,1-3H3,(H2,19,20,22);1H/p-1. The lowest BCUT2D eigenvalue weighted by molar-refractivity contribution is -0.00000782. The summed E-state index contributed by atoms with van der Waals surface area (Å²) in [7, 11) is 0. The molecule has 0 atom stereocenters. The number of amides is 2. The first-order chi connectivity index (χ1) is 10.6. The van der Waals surface area contributed by atoms with Gasteiger partial charge in [-0.1, -0.05) is 12.8 Å². The van der Waals surface area contributed by atoms with E-state index in [1.165, 1.54) is 31.4 Å². The van der Waals surface area contributed by atoms with Crippen molar-refractivity contribution in [2.75, 3.05) is 29.9 Å². The van der Waals surface area contributed by atoms with E-state index in [2.05, 4.69) is 41.5 Å². The van der Waals surface area contributed by atoms with Gasteiger partial charge in [0.05, 0.1) is 0 Å². The molecule has 1 aromatic carbocycles. The zero-order chi connectivity index (χ0) is 15.9. The molecule has 5 heteroatoms. The first-order valence-corrected chi connectivity index (χ1v) is 8.54. The topological polar surface area (TPSA) is 44.4 Å². The van der Waals surface area contributed by atoms with E-state index in [1.807, 2.05) is 13.0 Å². The zero-order valence-corrected chi connectivity index (χ0v) is 15.2. The van der Waals surface area contributed by atoms with Crippen molar-refractivity contribution in [3.05, 3.63) is 23.8 Å². The normalized spacial score (nSPS) is 14.2. The Morgan fingerprint density at radius 2 is 1.87 bits per heavy atom. The lowest BCUT2D eigenvalue weighted by Gasteiger charge is -2.22. The number of hydrogen-bond acceptors (Lipinski definition) is 2. The molecule has 2 amide bonds. The minimum absolute atomic E-state index is 0. The fraction of sp³-hybridized carbons (Fsp3) is 0.611. The van der Waals surface area contributed by atoms with E-state index in [-0.39, 0.29) is 18.4 Å². The van der Waals surface area contributed by atoms with Crippen molar-refractivity contribution in [2.24, 2.45) is 5.92 Å². The summed E-state index contributed by atoms with van der Waals surface area (Å²) in [5.41, 5.74) is 3.19. The summed E-state index contributed by atoms with van der Waals surface area (Å²) in [5.74, 6) is 0.664. The summed E-state index contributed by atoms with van der Waals surface area (Å²) in [6, 6.07) is 6.12. The van der Waals surface area contributed by atoms with Gasteiger partial charge in [-0.15, -0.1) is 0 Å². The molecule has 0 aromatic heterocycles. The summed E-state index contributed by atoms with van der Waals surface area (Å²) in [5, 5.41) is 5.97. The van der Waals surface area contributed by atoms with E-state index in [1.54, 1.807) is 0 Å². The number of rotatable bonds is 6. The van der Waals surface area contributed by atoms with Gasteiger partial charge in [0, 0.05) is 31.0 Å². The van der Waals surface area contributed by atoms with Crippen LogP contribution in [0.5, 0.6) is 0 Å². The highest BCUT2D eigenvalue weighted by Gasteiger charge is 2.15. The van der Waals surface area contributed by atoms with Crippen LogP contribution in [-0.4, -0.2) is 25.7 Å². The third-order valence-corrected chi connectivity index (χ3v) is 4.61. The molecule has 0 heterocycles. The minimum Gasteiger partial charge on any atom is -1.00 e. The summed E-state index contributed by atoms with van der Waals surface area (Å²) in [4.78, 5) is 14.3. The summed E-state index contributed by atoms with van der Waals surface area (Å²) in [6.07, 6.45) is 5.11. The van der Waals surface area contributed by atoms with Crippen molar-refractivity contribution in [1.29, 1.82) is 0 Å². The summed E-state index contributed by atoms with van der Waals surface area (Å²) >= 11 is 0. The SMILES string of the molecule is CCN(CC)c1ccc(NC(=O)NCC2CCCC2)c(C)c1.[Cl-]. The number of nitrogens with zero attached hydrogens (tertiary/aromatic N) is 1. The maximum atomic E-state index is 12.0. The smallest absolute Gasteiger partial charge is 0.319 e. The molecule has 2 N–H and O–H groups in total. The van der Waals surface area contributed by atoms with Crippen molar-refractivity contribution >= 4 is 17.4 Å². The first kappa shape index (κ1) is 19.6. The lowest BCUT2D eigenvalue weighted by atomic mass is 10.1. The molecule has 1 saturated carbocycles. The van der Waals surface area contributed by atoms with E-state index < -0.39 is 0 Å². The third kappa shape index (κ3) is 5.61. The molecule has 1 aliphatic rings. The molecule has 0 unspecified atom stereocenters. The fourth-order valence-corrected chi connectivity index (χ4v) is 3.19. The molecule has 4 nitrogen and oxygen atoms in total. The van der Waals surface area contributed by atoms with Crippen LogP contribution in [0.1, 0.15) is 45.1 Å². The van der Waals surface area contributed by atoms with Crippen molar-refractivity contribution in [1.82, 2.24) is 5.32 Å². The quantitative estimate of drug-likeness (QED) is 0.817. The fourth-order valence-electron chi connectivity index (χ4n) is 3.19. The monoisotopic (exact) mass is 338 g/mol. The van der Waals surface area contributed by atoms with Gasteiger partial charge in [-0.3, -0.25) is 0 Å². The number of carbonyl (C=O) groups excluding carboxylic acids is 1. The second kappa shape index (κ2) is 9.66. The van der Waals surface area contributed by atoms with Crippen molar-refractivity contribution < 1.29 is 17.2 Å². The number of urea groups is 1. The molecular formula is C18H29ClN3O-. The number of aryl methyl sites for hydroxylation is 1. The van der Waals surface area contributed by atoms with Gasteiger partial charge in [-0.2, -0.15) is 0 Å². The van der Waals surface area contributed by atoms with Crippen molar-refractivity contribution in [2.45, 2.75) is 46.5 Å². The van der Waals surface area contributed by atoms with Gasteiger partial charge in [0.25, 0.3) is 0 Å². The maximum absolute atomic E-state index is 12.0. The number of hydrogen-bond donors (Lipinski definition) is 2. The van der Waals surface area contributed by atoms with Crippen LogP contribution in [0.2, 0.25) is 0 Å². The molecule has 0 aliphatic heterocycles. The second-order valence-corrected chi connectivity index (χ2v) is 6.16. The Kier molecular flexibility index (Phi) is 8.24. The third-order valence-electron chi connectivity index (χ3n) is 4.61. The Balaban J connectivity index is 0.00000264. The Hall–Kier alpha value is -1.42. The number of anilines is 2. The highest BCUT2D eigenvalue weighted by Crippen LogP contribution is 2.24. The van der Waals surface area contributed by atoms with E-state index in [0.29, 0.717) is 5.92 Å². The van der Waals surface area contributed by atoms with Gasteiger partial charge in [-0.25, -0.2) is 4.79 Å². The largest absolute Gasteiger partial charge is 1.00 e. The average molecular weight is 339 g/mol. The van der Waals surface area contributed by atoms with Crippen LogP contribution in [0.25, 0.3) is 0 Å². The minimum atomic E-state index is -0.0920. The Bertz CT molecular complexity index is 497. The zero-order valence-electron chi connectivity index (χ0n) is 14.5. The van der Waals surface area contributed by atoms with Crippen LogP contribution in [-0.2, 0) is 0 Å². The van der Waals surface area contributed by atoms with Gasteiger partial charge in [0.1, 0.15) is 0 Å². The van der Waals surface area contributed by atoms with Gasteiger partial charge in [-0.05, 0) is 63.3 Å². The molecule has 0 spiro atoms. The summed E-state index contributed by atoms with van der Waals surface area (Å²) in [6.45, 7) is 9.13. The molecule has 2 rings (SSSR count). The molecule has 23 heavy (non-hydrogen) atoms. The van der Waals surface area contributed by atoms with E-state index >= 15 is 0 Å². The molecule has 130 valence electrons. The van der Waals surface area contributed by atoms with E-state index in [0.717, 1.165) is 30.9 Å². The predicted molar refractivity (Wildman–Crippen MR) is 93.7 cm³/mol. The maximum Gasteiger partial charge on any atom is 0.319 e. The number of benzene rings is 1. The van der Waals surface area contributed by atoms with Crippen molar-refractivity contribution in [3.8, 4) is 0 Å². The number of halogens is 1. The highest BCUT2D eigenvalue weighted by atomic mass is 35.5. The van der Waals surface area contributed by atoms with Crippen LogP contribution >= 0.6 is 0 Å². The van der Waals surface area contributed by atoms with Crippen LogP contribution in [0.15, 0.2) is 18.2 Å². The highest BCUT2D eigenvalue weighted by molar-refractivity contribution is 5.90. The van der Waals surface area contributed by atoms with Gasteiger partial charge in [0.15, 0.2) is 0 Å². The Labute approximate surface area is 146 Å². The summed E-state index contributed by atoms with van der Waals surface area (Å²) < 4.78 is 0. The Morgan fingerprint density at radius 3 is 2.43 bits per heavy atom. The van der Waals surface area contributed by atoms with Crippen molar-refractivity contribution in [3.63, 3.8) is 0 Å². The molecule has 1 aromatic rings. The van der Waals surface area contributed by atoms with Crippen LogP contribution < -0.4 is 27.9 Å². The van der Waals surface area contributed by atoms with Crippen LogP contribution in [0, 0.1) is 12.8 Å². The second-order valence-electron chi connectivity index (χ2n) is 6.16. The molecule has 0 bridgehead atoms. The predicted octanol–water partition coefficient (Wildman–Crippen LogP) is 1.16. The Morgan fingerprint density at radius 1 is 1.22 bits per heavy atom. The van der Waals surface area contributed by atoms with Crippen LogP contribution in [0.4, 0.5) is 16.2 Å². The van der Waals surface area contributed by atoms with E-state index in [4.69, 9.17) is 0 Å². The molecular weight excluding hydrogens is 310 g/mol. The van der Waals surface area contributed by atoms with Gasteiger partial charge >= 0.3 is 6.03 Å². The lowest BCUT2D eigenvalue weighted by Crippen LogP contribution is -3.00. The molecule has 1 fully saturated rings. The average Bonchev–Trinajstić information content (AvgIpc) is 3.02. The molecule has 0 saturated heterocycles. The van der Waals surface area contributed by atoms with Gasteiger partial charge in [0.2, 0.25) is 0 Å². The van der Waals surface area contributed by atoms with Gasteiger partial charge < -0.3 is 27.9 Å². The molecule has 0 radical (unpaired) electrons.